The molecule has 0 aliphatic heterocycles. The molecule has 0 saturated carbocycles. The lowest BCUT2D eigenvalue weighted by molar-refractivity contribution is -0.137. The van der Waals surface area contributed by atoms with Crippen molar-refractivity contribution in [3.63, 3.8) is 0 Å². The fraction of sp³-hybridized carbons (Fsp3) is 0.160. The van der Waals surface area contributed by atoms with Gasteiger partial charge in [-0.15, -0.1) is 11.8 Å². The molecule has 3 aromatic carbocycles. The zero-order valence-electron chi connectivity index (χ0n) is 17.7. The van der Waals surface area contributed by atoms with E-state index >= 15 is 0 Å². The molecule has 1 aromatic heterocycles. The molecular formula is C25H19Cl2F3N2OS. The molecule has 4 aromatic rings. The standard InChI is InChI=1S/C25H19Cl2F3N2OS/c26-18-9-10-19(21(27)13-18)24(33)31-11-12-32-14-23(20-3-1-2-4-22(20)32)34-15-16-5-7-17(8-6-16)25(28,29)30/h1-10,13-14H,11-12,15H2,(H,31,33). The predicted octanol–water partition coefficient (Wildman–Crippen LogP) is 7.69. The highest BCUT2D eigenvalue weighted by Gasteiger charge is 2.29. The summed E-state index contributed by atoms with van der Waals surface area (Å²) < 4.78 is 40.4. The summed E-state index contributed by atoms with van der Waals surface area (Å²) in [5.41, 5.74) is 1.52. The second kappa shape index (κ2) is 10.3. The summed E-state index contributed by atoms with van der Waals surface area (Å²) in [5.74, 6) is 0.257. The Kier molecular flexibility index (Phi) is 7.45. The van der Waals surface area contributed by atoms with Gasteiger partial charge in [0.1, 0.15) is 0 Å². The van der Waals surface area contributed by atoms with Gasteiger partial charge in [-0.3, -0.25) is 4.79 Å². The summed E-state index contributed by atoms with van der Waals surface area (Å²) in [6.45, 7) is 0.928. The van der Waals surface area contributed by atoms with E-state index in [0.717, 1.165) is 33.5 Å². The molecule has 176 valence electrons. The van der Waals surface area contributed by atoms with Crippen LogP contribution in [0.1, 0.15) is 21.5 Å². The summed E-state index contributed by atoms with van der Waals surface area (Å²) in [5, 5.41) is 4.67. The molecule has 4 rings (SSSR count). The minimum Gasteiger partial charge on any atom is -0.350 e. The third-order valence-corrected chi connectivity index (χ3v) is 6.90. The molecule has 0 spiro atoms. The Balaban J connectivity index is 1.43. The van der Waals surface area contributed by atoms with Crippen molar-refractivity contribution in [2.45, 2.75) is 23.4 Å². The van der Waals surface area contributed by atoms with Crippen LogP contribution in [0.25, 0.3) is 10.9 Å². The number of halogens is 5. The van der Waals surface area contributed by atoms with Crippen molar-refractivity contribution in [3.8, 4) is 0 Å². The van der Waals surface area contributed by atoms with Crippen molar-refractivity contribution in [2.75, 3.05) is 6.54 Å². The number of nitrogens with one attached hydrogen (secondary N) is 1. The van der Waals surface area contributed by atoms with Crippen LogP contribution >= 0.6 is 35.0 Å². The molecular weight excluding hydrogens is 504 g/mol. The van der Waals surface area contributed by atoms with E-state index in [-0.39, 0.29) is 5.91 Å². The Labute approximate surface area is 208 Å². The maximum atomic E-state index is 12.8. The lowest BCUT2D eigenvalue weighted by atomic mass is 10.1. The predicted molar refractivity (Wildman–Crippen MR) is 132 cm³/mol. The SMILES string of the molecule is O=C(NCCn1cc(SCc2ccc(C(F)(F)F)cc2)c2ccccc21)c1ccc(Cl)cc1Cl. The summed E-state index contributed by atoms with van der Waals surface area (Å²) in [7, 11) is 0. The number of amides is 1. The second-order valence-electron chi connectivity index (χ2n) is 7.57. The van der Waals surface area contributed by atoms with Gasteiger partial charge >= 0.3 is 6.18 Å². The maximum absolute atomic E-state index is 12.8. The fourth-order valence-electron chi connectivity index (χ4n) is 3.52. The van der Waals surface area contributed by atoms with Crippen LogP contribution in [0.15, 0.2) is 77.8 Å². The molecule has 1 amide bonds. The molecule has 0 bridgehead atoms. The molecule has 0 aliphatic carbocycles. The first-order valence-corrected chi connectivity index (χ1v) is 12.1. The average Bonchev–Trinajstić information content (AvgIpc) is 3.15. The Bertz CT molecular complexity index is 1320. The summed E-state index contributed by atoms with van der Waals surface area (Å²) >= 11 is 13.6. The minimum atomic E-state index is -4.34. The highest BCUT2D eigenvalue weighted by Crippen LogP contribution is 2.33. The van der Waals surface area contributed by atoms with Gasteiger partial charge in [0, 0.05) is 45.9 Å². The van der Waals surface area contributed by atoms with Gasteiger partial charge in [0.2, 0.25) is 0 Å². The largest absolute Gasteiger partial charge is 0.416 e. The van der Waals surface area contributed by atoms with E-state index in [2.05, 4.69) is 5.32 Å². The summed E-state index contributed by atoms with van der Waals surface area (Å²) in [4.78, 5) is 13.5. The smallest absolute Gasteiger partial charge is 0.350 e. The molecule has 0 unspecified atom stereocenters. The molecule has 0 radical (unpaired) electrons. The molecule has 0 saturated heterocycles. The number of carbonyl (C=O) groups is 1. The van der Waals surface area contributed by atoms with Gasteiger partial charge in [0.25, 0.3) is 5.91 Å². The van der Waals surface area contributed by atoms with Crippen LogP contribution in [0.3, 0.4) is 0 Å². The number of hydrogen-bond donors (Lipinski definition) is 1. The van der Waals surface area contributed by atoms with Crippen LogP contribution in [0.2, 0.25) is 10.0 Å². The lowest BCUT2D eigenvalue weighted by Gasteiger charge is -2.09. The number of hydrogen-bond acceptors (Lipinski definition) is 2. The van der Waals surface area contributed by atoms with E-state index in [9.17, 15) is 18.0 Å². The number of fused-ring (bicyclic) bond motifs is 1. The third kappa shape index (κ3) is 5.71. The first kappa shape index (κ1) is 24.5. The molecule has 0 fully saturated rings. The van der Waals surface area contributed by atoms with E-state index in [4.69, 9.17) is 23.2 Å². The Hall–Kier alpha value is -2.61. The number of aromatic nitrogens is 1. The highest BCUT2D eigenvalue weighted by atomic mass is 35.5. The maximum Gasteiger partial charge on any atom is 0.416 e. The fourth-order valence-corrected chi connectivity index (χ4v) is 5.06. The first-order valence-electron chi connectivity index (χ1n) is 10.3. The summed E-state index contributed by atoms with van der Waals surface area (Å²) in [6.07, 6.45) is -2.34. The molecule has 0 aliphatic rings. The van der Waals surface area contributed by atoms with Gasteiger partial charge < -0.3 is 9.88 Å². The normalized spacial score (nSPS) is 11.7. The van der Waals surface area contributed by atoms with Gasteiger partial charge in [-0.1, -0.05) is 53.5 Å². The first-order chi connectivity index (χ1) is 16.2. The van der Waals surface area contributed by atoms with E-state index < -0.39 is 11.7 Å². The van der Waals surface area contributed by atoms with Crippen LogP contribution in [0, 0.1) is 0 Å². The van der Waals surface area contributed by atoms with E-state index in [1.54, 1.807) is 23.9 Å². The van der Waals surface area contributed by atoms with E-state index in [1.165, 1.54) is 18.2 Å². The number of alkyl halides is 3. The number of rotatable bonds is 7. The lowest BCUT2D eigenvalue weighted by Crippen LogP contribution is -2.27. The second-order valence-corrected chi connectivity index (χ2v) is 9.43. The third-order valence-electron chi connectivity index (χ3n) is 5.24. The van der Waals surface area contributed by atoms with Crippen LogP contribution in [0.4, 0.5) is 13.2 Å². The van der Waals surface area contributed by atoms with Crippen molar-refractivity contribution in [1.82, 2.24) is 9.88 Å². The monoisotopic (exact) mass is 522 g/mol. The van der Waals surface area contributed by atoms with Crippen LogP contribution in [0.5, 0.6) is 0 Å². The van der Waals surface area contributed by atoms with Crippen LogP contribution in [-0.2, 0) is 18.5 Å². The molecule has 9 heteroatoms. The summed E-state index contributed by atoms with van der Waals surface area (Å²) in [6, 6.07) is 17.8. The van der Waals surface area contributed by atoms with Gasteiger partial charge in [-0.25, -0.2) is 0 Å². The van der Waals surface area contributed by atoms with Crippen molar-refractivity contribution < 1.29 is 18.0 Å². The Morgan fingerprint density at radius 1 is 1.00 bits per heavy atom. The van der Waals surface area contributed by atoms with Crippen LogP contribution < -0.4 is 5.32 Å². The average molecular weight is 523 g/mol. The number of benzene rings is 3. The number of para-hydroxylation sites is 1. The number of carbonyl (C=O) groups excluding carboxylic acids is 1. The van der Waals surface area contributed by atoms with Crippen molar-refractivity contribution in [1.29, 1.82) is 0 Å². The Morgan fingerprint density at radius 2 is 1.74 bits per heavy atom. The number of nitrogens with zero attached hydrogens (tertiary/aromatic N) is 1. The van der Waals surface area contributed by atoms with Gasteiger partial charge in [-0.05, 0) is 42.0 Å². The van der Waals surface area contributed by atoms with Gasteiger partial charge in [-0.2, -0.15) is 13.2 Å². The van der Waals surface area contributed by atoms with Gasteiger partial charge in [0.05, 0.1) is 16.1 Å². The minimum absolute atomic E-state index is 0.282. The molecule has 3 nitrogen and oxygen atoms in total. The zero-order valence-corrected chi connectivity index (χ0v) is 20.0. The molecule has 34 heavy (non-hydrogen) atoms. The van der Waals surface area contributed by atoms with Gasteiger partial charge in [0.15, 0.2) is 0 Å². The molecule has 0 atom stereocenters. The van der Waals surface area contributed by atoms with Crippen LogP contribution in [-0.4, -0.2) is 17.0 Å². The van der Waals surface area contributed by atoms with Crippen molar-refractivity contribution in [2.24, 2.45) is 0 Å². The van der Waals surface area contributed by atoms with Crippen molar-refractivity contribution >= 4 is 51.8 Å². The molecule has 1 heterocycles. The Morgan fingerprint density at radius 3 is 2.44 bits per heavy atom. The molecule has 1 N–H and O–H groups in total. The quantitative estimate of drug-likeness (QED) is 0.252. The van der Waals surface area contributed by atoms with E-state index in [1.807, 2.05) is 35.0 Å². The highest BCUT2D eigenvalue weighted by molar-refractivity contribution is 7.98. The topological polar surface area (TPSA) is 34.0 Å². The van der Waals surface area contributed by atoms with E-state index in [0.29, 0.717) is 34.5 Å². The number of thioether (sulfide) groups is 1. The zero-order chi connectivity index (χ0) is 24.3. The van der Waals surface area contributed by atoms with Crippen molar-refractivity contribution in [3.05, 3.63) is 99.7 Å².